The Morgan fingerprint density at radius 3 is 2.73 bits per heavy atom. The average molecular weight is 346 g/mol. The minimum atomic E-state index is 0.0726. The van der Waals surface area contributed by atoms with E-state index in [0.29, 0.717) is 6.54 Å². The van der Waals surface area contributed by atoms with Crippen molar-refractivity contribution in [2.24, 2.45) is 5.92 Å². The summed E-state index contributed by atoms with van der Waals surface area (Å²) in [6.07, 6.45) is 5.23. The molecule has 5 heteroatoms. The zero-order valence-electron chi connectivity index (χ0n) is 14.6. The maximum Gasteiger partial charge on any atom is 0.223 e. The van der Waals surface area contributed by atoms with Gasteiger partial charge in [0.25, 0.3) is 0 Å². The lowest BCUT2D eigenvalue weighted by Crippen LogP contribution is -2.40. The fraction of sp³-hybridized carbons (Fsp3) is 0.286. The van der Waals surface area contributed by atoms with Gasteiger partial charge >= 0.3 is 0 Å². The highest BCUT2D eigenvalue weighted by molar-refractivity contribution is 5.81. The van der Waals surface area contributed by atoms with E-state index in [1.54, 1.807) is 12.4 Å². The van der Waals surface area contributed by atoms with Gasteiger partial charge in [-0.1, -0.05) is 24.3 Å². The van der Waals surface area contributed by atoms with Crippen LogP contribution < -0.4 is 10.2 Å². The fourth-order valence-electron chi connectivity index (χ4n) is 3.44. The van der Waals surface area contributed by atoms with Gasteiger partial charge in [-0.2, -0.15) is 0 Å². The molecular formula is C21H22N4O. The van der Waals surface area contributed by atoms with Crippen LogP contribution in [0.15, 0.2) is 60.9 Å². The molecule has 0 saturated carbocycles. The first kappa shape index (κ1) is 16.5. The monoisotopic (exact) mass is 346 g/mol. The number of rotatable bonds is 4. The number of aromatic nitrogens is 2. The minimum absolute atomic E-state index is 0.0726. The molecule has 3 heterocycles. The quantitative estimate of drug-likeness (QED) is 0.788. The lowest BCUT2D eigenvalue weighted by atomic mass is 9.96. The number of para-hydroxylation sites is 1. The topological polar surface area (TPSA) is 58.1 Å². The van der Waals surface area contributed by atoms with E-state index in [4.69, 9.17) is 4.98 Å². The number of benzene rings is 1. The van der Waals surface area contributed by atoms with Crippen LogP contribution in [0.3, 0.4) is 0 Å². The Hall–Kier alpha value is -2.95. The summed E-state index contributed by atoms with van der Waals surface area (Å²) in [7, 11) is 0. The Labute approximate surface area is 153 Å². The normalized spacial score (nSPS) is 15.2. The van der Waals surface area contributed by atoms with E-state index in [9.17, 15) is 4.79 Å². The van der Waals surface area contributed by atoms with Gasteiger partial charge in [0.15, 0.2) is 0 Å². The van der Waals surface area contributed by atoms with Crippen molar-refractivity contribution >= 4 is 22.6 Å². The molecule has 1 N–H and O–H groups in total. The van der Waals surface area contributed by atoms with Crippen LogP contribution in [0, 0.1) is 5.92 Å². The highest BCUT2D eigenvalue weighted by Crippen LogP contribution is 2.24. The van der Waals surface area contributed by atoms with Gasteiger partial charge in [-0.25, -0.2) is 4.98 Å². The molecule has 2 aromatic heterocycles. The third kappa shape index (κ3) is 3.67. The van der Waals surface area contributed by atoms with Gasteiger partial charge in [-0.3, -0.25) is 9.78 Å². The van der Waals surface area contributed by atoms with Crippen LogP contribution in [-0.2, 0) is 11.3 Å². The van der Waals surface area contributed by atoms with E-state index in [0.717, 1.165) is 48.2 Å². The maximum atomic E-state index is 12.4. The van der Waals surface area contributed by atoms with Crippen LogP contribution >= 0.6 is 0 Å². The van der Waals surface area contributed by atoms with Crippen molar-refractivity contribution in [3.05, 3.63) is 66.5 Å². The molecule has 0 radical (unpaired) electrons. The molecule has 1 fully saturated rings. The van der Waals surface area contributed by atoms with Gasteiger partial charge in [0.1, 0.15) is 5.82 Å². The van der Waals surface area contributed by atoms with E-state index >= 15 is 0 Å². The first-order valence-electron chi connectivity index (χ1n) is 9.07. The molecule has 26 heavy (non-hydrogen) atoms. The highest BCUT2D eigenvalue weighted by atomic mass is 16.1. The number of anilines is 1. The van der Waals surface area contributed by atoms with Gasteiger partial charge in [-0.05, 0) is 42.7 Å². The minimum Gasteiger partial charge on any atom is -0.357 e. The zero-order valence-corrected chi connectivity index (χ0v) is 14.6. The summed E-state index contributed by atoms with van der Waals surface area (Å²) in [5, 5.41) is 4.19. The maximum absolute atomic E-state index is 12.4. The summed E-state index contributed by atoms with van der Waals surface area (Å²) >= 11 is 0. The van der Waals surface area contributed by atoms with Gasteiger partial charge in [0.2, 0.25) is 5.91 Å². The van der Waals surface area contributed by atoms with Crippen LogP contribution in [0.5, 0.6) is 0 Å². The summed E-state index contributed by atoms with van der Waals surface area (Å²) in [4.78, 5) is 23.5. The summed E-state index contributed by atoms with van der Waals surface area (Å²) in [6, 6.07) is 16.2. The molecule has 3 aromatic rings. The van der Waals surface area contributed by atoms with Crippen molar-refractivity contribution in [3.63, 3.8) is 0 Å². The number of hydrogen-bond donors (Lipinski definition) is 1. The molecule has 0 unspecified atom stereocenters. The van der Waals surface area contributed by atoms with Gasteiger partial charge < -0.3 is 10.2 Å². The molecule has 0 bridgehead atoms. The van der Waals surface area contributed by atoms with Gasteiger partial charge in [0.05, 0.1) is 5.52 Å². The summed E-state index contributed by atoms with van der Waals surface area (Å²) in [5.74, 6) is 1.21. The Morgan fingerprint density at radius 2 is 1.92 bits per heavy atom. The number of carbonyl (C=O) groups is 1. The third-order valence-electron chi connectivity index (χ3n) is 4.96. The Morgan fingerprint density at radius 1 is 1.08 bits per heavy atom. The van der Waals surface area contributed by atoms with E-state index < -0.39 is 0 Å². The molecule has 0 aliphatic carbocycles. The second kappa shape index (κ2) is 7.52. The van der Waals surface area contributed by atoms with Crippen LogP contribution in [0.1, 0.15) is 18.4 Å². The number of hydrogen-bond acceptors (Lipinski definition) is 4. The first-order chi connectivity index (χ1) is 12.8. The van der Waals surface area contributed by atoms with E-state index in [2.05, 4.69) is 33.4 Å². The molecule has 5 nitrogen and oxygen atoms in total. The molecule has 1 aromatic carbocycles. The second-order valence-corrected chi connectivity index (χ2v) is 6.70. The predicted molar refractivity (Wildman–Crippen MR) is 103 cm³/mol. The number of nitrogens with one attached hydrogen (secondary N) is 1. The van der Waals surface area contributed by atoms with Crippen molar-refractivity contribution in [2.45, 2.75) is 19.4 Å². The zero-order chi connectivity index (χ0) is 17.8. The van der Waals surface area contributed by atoms with Crippen molar-refractivity contribution in [1.29, 1.82) is 0 Å². The van der Waals surface area contributed by atoms with Crippen molar-refractivity contribution in [2.75, 3.05) is 18.0 Å². The van der Waals surface area contributed by atoms with Crippen molar-refractivity contribution < 1.29 is 4.79 Å². The van der Waals surface area contributed by atoms with Gasteiger partial charge in [0, 0.05) is 43.3 Å². The van der Waals surface area contributed by atoms with Crippen molar-refractivity contribution in [1.82, 2.24) is 15.3 Å². The summed E-state index contributed by atoms with van der Waals surface area (Å²) < 4.78 is 0. The Balaban J connectivity index is 1.33. The van der Waals surface area contributed by atoms with Crippen LogP contribution in [0.25, 0.3) is 10.9 Å². The average Bonchev–Trinajstić information content (AvgIpc) is 2.72. The number of pyridine rings is 2. The van der Waals surface area contributed by atoms with E-state index in [-0.39, 0.29) is 11.8 Å². The molecule has 1 aliphatic rings. The van der Waals surface area contributed by atoms with Crippen LogP contribution in [0.4, 0.5) is 5.82 Å². The number of carbonyl (C=O) groups excluding carboxylic acids is 1. The fourth-order valence-corrected chi connectivity index (χ4v) is 3.44. The number of piperidine rings is 1. The standard InChI is InChI=1S/C21H22N4O/c26-21(23-15-16-4-3-11-22-14-16)18-9-12-25(13-10-18)20-8-7-17-5-1-2-6-19(17)24-20/h1-8,11,14,18H,9-10,12-13,15H2,(H,23,26). The summed E-state index contributed by atoms with van der Waals surface area (Å²) in [6.45, 7) is 2.26. The number of amides is 1. The van der Waals surface area contributed by atoms with Gasteiger partial charge in [-0.15, -0.1) is 0 Å². The Bertz CT molecular complexity index is 889. The lowest BCUT2D eigenvalue weighted by Gasteiger charge is -2.32. The smallest absolute Gasteiger partial charge is 0.223 e. The SMILES string of the molecule is O=C(NCc1cccnc1)C1CCN(c2ccc3ccccc3n2)CC1. The second-order valence-electron chi connectivity index (χ2n) is 6.70. The van der Waals surface area contributed by atoms with Crippen LogP contribution in [-0.4, -0.2) is 29.0 Å². The molecular weight excluding hydrogens is 324 g/mol. The predicted octanol–water partition coefficient (Wildman–Crippen LogP) is 3.16. The molecule has 132 valence electrons. The number of fused-ring (bicyclic) bond motifs is 1. The molecule has 1 aliphatic heterocycles. The molecule has 4 rings (SSSR count). The van der Waals surface area contributed by atoms with E-state index in [1.165, 1.54) is 0 Å². The van der Waals surface area contributed by atoms with E-state index in [1.807, 2.05) is 30.3 Å². The highest BCUT2D eigenvalue weighted by Gasteiger charge is 2.25. The largest absolute Gasteiger partial charge is 0.357 e. The molecule has 1 saturated heterocycles. The van der Waals surface area contributed by atoms with Crippen LogP contribution in [0.2, 0.25) is 0 Å². The number of nitrogens with zero attached hydrogens (tertiary/aromatic N) is 3. The first-order valence-corrected chi connectivity index (χ1v) is 9.07. The Kier molecular flexibility index (Phi) is 4.78. The molecule has 0 atom stereocenters. The third-order valence-corrected chi connectivity index (χ3v) is 4.96. The summed E-state index contributed by atoms with van der Waals surface area (Å²) in [5.41, 5.74) is 2.04. The molecule has 0 spiro atoms. The van der Waals surface area contributed by atoms with Crippen molar-refractivity contribution in [3.8, 4) is 0 Å². The lowest BCUT2D eigenvalue weighted by molar-refractivity contribution is -0.125. The molecule has 1 amide bonds.